The largest absolute Gasteiger partial charge is 0.494 e. The molecule has 1 unspecified atom stereocenters. The Bertz CT molecular complexity index is 1210. The molecule has 0 spiro atoms. The Morgan fingerprint density at radius 2 is 2.03 bits per heavy atom. The van der Waals surface area contributed by atoms with Gasteiger partial charge in [0, 0.05) is 48.5 Å². The molecule has 0 radical (unpaired) electrons. The number of aryl methyl sites for hydroxylation is 1. The SMILES string of the molecule is CCOc1ccnc(N2CCC(Nc3c(C)nc(-c4ccc(Cl)cc4Cl)n(CC)c3=O)C2)c1. The maximum absolute atomic E-state index is 13.4. The molecule has 1 atom stereocenters. The topological polar surface area (TPSA) is 72.3 Å². The van der Waals surface area contributed by atoms with E-state index >= 15 is 0 Å². The number of aromatic nitrogens is 3. The van der Waals surface area contributed by atoms with Crippen LogP contribution in [0.5, 0.6) is 5.75 Å². The lowest BCUT2D eigenvalue weighted by Crippen LogP contribution is -2.32. The summed E-state index contributed by atoms with van der Waals surface area (Å²) in [5, 5.41) is 4.44. The number of hydrogen-bond acceptors (Lipinski definition) is 6. The van der Waals surface area contributed by atoms with E-state index in [2.05, 4.69) is 15.2 Å². The van der Waals surface area contributed by atoms with E-state index < -0.39 is 0 Å². The Hall–Kier alpha value is -2.77. The lowest BCUT2D eigenvalue weighted by Gasteiger charge is -2.21. The summed E-state index contributed by atoms with van der Waals surface area (Å²) in [7, 11) is 0. The van der Waals surface area contributed by atoms with E-state index in [0.717, 1.165) is 31.1 Å². The molecule has 7 nitrogen and oxygen atoms in total. The van der Waals surface area contributed by atoms with Crippen LogP contribution in [0.4, 0.5) is 11.5 Å². The van der Waals surface area contributed by atoms with Gasteiger partial charge in [-0.25, -0.2) is 9.97 Å². The first-order chi connectivity index (χ1) is 15.9. The average Bonchev–Trinajstić information content (AvgIpc) is 3.26. The first kappa shape index (κ1) is 23.4. The van der Waals surface area contributed by atoms with Crippen molar-refractivity contribution in [2.24, 2.45) is 0 Å². The highest BCUT2D eigenvalue weighted by Gasteiger charge is 2.26. The third-order valence-electron chi connectivity index (χ3n) is 5.73. The molecular formula is C24H27Cl2N5O2. The minimum Gasteiger partial charge on any atom is -0.494 e. The summed E-state index contributed by atoms with van der Waals surface area (Å²) in [6, 6.07) is 9.11. The molecule has 33 heavy (non-hydrogen) atoms. The summed E-state index contributed by atoms with van der Waals surface area (Å²) in [5.41, 5.74) is 1.73. The van der Waals surface area contributed by atoms with Crippen molar-refractivity contribution in [1.29, 1.82) is 0 Å². The molecule has 9 heteroatoms. The monoisotopic (exact) mass is 487 g/mol. The van der Waals surface area contributed by atoms with Crippen LogP contribution in [-0.4, -0.2) is 40.3 Å². The van der Waals surface area contributed by atoms with Crippen molar-refractivity contribution < 1.29 is 4.74 Å². The fraction of sp³-hybridized carbons (Fsp3) is 0.375. The van der Waals surface area contributed by atoms with Gasteiger partial charge in [0.05, 0.1) is 17.3 Å². The van der Waals surface area contributed by atoms with Gasteiger partial charge in [-0.1, -0.05) is 23.2 Å². The van der Waals surface area contributed by atoms with Crippen molar-refractivity contribution in [3.63, 3.8) is 0 Å². The Balaban J connectivity index is 1.58. The fourth-order valence-corrected chi connectivity index (χ4v) is 4.61. The lowest BCUT2D eigenvalue weighted by atomic mass is 10.2. The third kappa shape index (κ3) is 4.94. The fourth-order valence-electron chi connectivity index (χ4n) is 4.12. The number of hydrogen-bond donors (Lipinski definition) is 1. The van der Waals surface area contributed by atoms with Crippen molar-refractivity contribution in [2.45, 2.75) is 39.8 Å². The van der Waals surface area contributed by atoms with E-state index in [0.29, 0.717) is 46.0 Å². The maximum Gasteiger partial charge on any atom is 0.277 e. The second-order valence-corrected chi connectivity index (χ2v) is 8.77. The van der Waals surface area contributed by atoms with Crippen LogP contribution in [0.15, 0.2) is 41.3 Å². The minimum atomic E-state index is -0.110. The van der Waals surface area contributed by atoms with Crippen molar-refractivity contribution in [2.75, 3.05) is 29.9 Å². The molecule has 1 saturated heterocycles. The molecule has 0 amide bonds. The quantitative estimate of drug-likeness (QED) is 0.503. The van der Waals surface area contributed by atoms with Gasteiger partial charge in [-0.2, -0.15) is 0 Å². The molecule has 1 fully saturated rings. The lowest BCUT2D eigenvalue weighted by molar-refractivity contribution is 0.340. The molecule has 1 N–H and O–H groups in total. The molecule has 1 aliphatic rings. The number of pyridine rings is 1. The molecule has 1 aromatic carbocycles. The predicted octanol–water partition coefficient (Wildman–Crippen LogP) is 5.03. The Labute approximate surface area is 203 Å². The predicted molar refractivity (Wildman–Crippen MR) is 134 cm³/mol. The van der Waals surface area contributed by atoms with Gasteiger partial charge >= 0.3 is 0 Å². The van der Waals surface area contributed by atoms with E-state index in [1.54, 1.807) is 29.0 Å². The summed E-state index contributed by atoms with van der Waals surface area (Å²) >= 11 is 12.4. The van der Waals surface area contributed by atoms with Gasteiger partial charge < -0.3 is 15.0 Å². The van der Waals surface area contributed by atoms with Crippen LogP contribution in [-0.2, 0) is 6.54 Å². The molecule has 4 rings (SSSR count). The standard InChI is InChI=1S/C24H27Cl2N5O2/c1-4-31-23(19-7-6-16(25)12-20(19)26)28-15(3)22(24(31)32)29-17-9-11-30(14-17)21-13-18(33-5-2)8-10-27-21/h6-8,10,12-13,17,29H,4-5,9,11,14H2,1-3H3. The summed E-state index contributed by atoms with van der Waals surface area (Å²) < 4.78 is 7.24. The van der Waals surface area contributed by atoms with Crippen molar-refractivity contribution in [3.8, 4) is 17.1 Å². The summed E-state index contributed by atoms with van der Waals surface area (Å²) in [4.78, 5) is 24.8. The Morgan fingerprint density at radius 1 is 1.21 bits per heavy atom. The van der Waals surface area contributed by atoms with Crippen molar-refractivity contribution >= 4 is 34.7 Å². The van der Waals surface area contributed by atoms with Gasteiger partial charge in [-0.05, 0) is 51.5 Å². The van der Waals surface area contributed by atoms with Crippen molar-refractivity contribution in [1.82, 2.24) is 14.5 Å². The summed E-state index contributed by atoms with van der Waals surface area (Å²) in [5.74, 6) is 2.22. The number of rotatable bonds is 7. The summed E-state index contributed by atoms with van der Waals surface area (Å²) in [6.07, 6.45) is 2.64. The summed E-state index contributed by atoms with van der Waals surface area (Å²) in [6.45, 7) is 8.38. The zero-order valence-corrected chi connectivity index (χ0v) is 20.5. The van der Waals surface area contributed by atoms with Gasteiger partial charge in [-0.3, -0.25) is 9.36 Å². The van der Waals surface area contributed by atoms with E-state index in [1.165, 1.54) is 0 Å². The zero-order valence-electron chi connectivity index (χ0n) is 18.9. The second kappa shape index (κ2) is 10.0. The van der Waals surface area contributed by atoms with E-state index in [9.17, 15) is 4.79 Å². The van der Waals surface area contributed by atoms with Gasteiger partial charge in [0.15, 0.2) is 0 Å². The van der Waals surface area contributed by atoms with E-state index in [4.69, 9.17) is 32.9 Å². The van der Waals surface area contributed by atoms with E-state index in [1.807, 2.05) is 32.9 Å². The molecule has 1 aliphatic heterocycles. The molecule has 174 valence electrons. The molecule has 0 bridgehead atoms. The number of benzene rings is 1. The number of ether oxygens (including phenoxy) is 1. The Kier molecular flexibility index (Phi) is 7.10. The molecular weight excluding hydrogens is 461 g/mol. The molecule has 0 saturated carbocycles. The first-order valence-electron chi connectivity index (χ1n) is 11.1. The highest BCUT2D eigenvalue weighted by Crippen LogP contribution is 2.30. The van der Waals surface area contributed by atoms with Crippen LogP contribution < -0.4 is 20.5 Å². The van der Waals surface area contributed by atoms with Crippen LogP contribution >= 0.6 is 23.2 Å². The molecule has 3 heterocycles. The average molecular weight is 488 g/mol. The van der Waals surface area contributed by atoms with E-state index in [-0.39, 0.29) is 11.6 Å². The van der Waals surface area contributed by atoms with Gasteiger partial charge in [0.25, 0.3) is 5.56 Å². The number of nitrogens with zero attached hydrogens (tertiary/aromatic N) is 4. The minimum absolute atomic E-state index is 0.103. The zero-order chi connectivity index (χ0) is 23.5. The van der Waals surface area contributed by atoms with Crippen LogP contribution in [0.1, 0.15) is 26.0 Å². The highest BCUT2D eigenvalue weighted by molar-refractivity contribution is 6.36. The first-order valence-corrected chi connectivity index (χ1v) is 11.8. The van der Waals surface area contributed by atoms with Gasteiger partial charge in [-0.15, -0.1) is 0 Å². The molecule has 0 aliphatic carbocycles. The van der Waals surface area contributed by atoms with Crippen LogP contribution in [0.2, 0.25) is 10.0 Å². The smallest absolute Gasteiger partial charge is 0.277 e. The van der Waals surface area contributed by atoms with Crippen LogP contribution in [0, 0.1) is 6.92 Å². The van der Waals surface area contributed by atoms with Gasteiger partial charge in [0.1, 0.15) is 23.1 Å². The number of nitrogens with one attached hydrogen (secondary N) is 1. The second-order valence-electron chi connectivity index (χ2n) is 7.93. The normalized spacial score (nSPS) is 15.7. The molecule has 2 aromatic heterocycles. The third-order valence-corrected chi connectivity index (χ3v) is 6.27. The van der Waals surface area contributed by atoms with Gasteiger partial charge in [0.2, 0.25) is 0 Å². The van der Waals surface area contributed by atoms with Crippen LogP contribution in [0.25, 0.3) is 11.4 Å². The molecule has 3 aromatic rings. The maximum atomic E-state index is 13.4. The highest BCUT2D eigenvalue weighted by atomic mass is 35.5. The van der Waals surface area contributed by atoms with Crippen molar-refractivity contribution in [3.05, 3.63) is 62.6 Å². The van der Waals surface area contributed by atoms with Crippen LogP contribution in [0.3, 0.4) is 0 Å². The number of anilines is 2. The number of halogens is 2. The Morgan fingerprint density at radius 3 is 2.76 bits per heavy atom.